The van der Waals surface area contributed by atoms with Gasteiger partial charge in [0.25, 0.3) is 6.43 Å². The Morgan fingerprint density at radius 2 is 2.08 bits per heavy atom. The summed E-state index contributed by atoms with van der Waals surface area (Å²) in [5, 5.41) is 0. The van der Waals surface area contributed by atoms with Gasteiger partial charge in [-0.1, -0.05) is 15.9 Å². The van der Waals surface area contributed by atoms with Gasteiger partial charge in [0.15, 0.2) is 5.54 Å². The third-order valence-corrected chi connectivity index (χ3v) is 4.03. The summed E-state index contributed by atoms with van der Waals surface area (Å²) in [7, 11) is 0. The van der Waals surface area contributed by atoms with E-state index < -0.39 is 36.0 Å². The topological polar surface area (TPSA) is 67.9 Å². The summed E-state index contributed by atoms with van der Waals surface area (Å²) in [6.45, 7) is 4.24. The Labute approximate surface area is 152 Å². The summed E-state index contributed by atoms with van der Waals surface area (Å²) >= 11 is 3.14. The van der Waals surface area contributed by atoms with Crippen LogP contribution in [0, 0.1) is 5.82 Å². The zero-order chi connectivity index (χ0) is 19.0. The van der Waals surface area contributed by atoms with Gasteiger partial charge in [-0.2, -0.15) is 0 Å². The molecular weight excluding hydrogens is 403 g/mol. The van der Waals surface area contributed by atoms with E-state index in [1.54, 1.807) is 20.8 Å². The lowest BCUT2D eigenvalue weighted by Crippen LogP contribution is -2.55. The van der Waals surface area contributed by atoms with E-state index in [1.165, 1.54) is 12.1 Å². The third-order valence-electron chi connectivity index (χ3n) is 3.54. The van der Waals surface area contributed by atoms with E-state index in [0.29, 0.717) is 4.47 Å². The Balaban J connectivity index is 2.49. The van der Waals surface area contributed by atoms with Gasteiger partial charge in [0.05, 0.1) is 13.1 Å². The van der Waals surface area contributed by atoms with Gasteiger partial charge in [-0.15, -0.1) is 0 Å². The van der Waals surface area contributed by atoms with Gasteiger partial charge in [0.1, 0.15) is 17.3 Å². The molecule has 0 spiro atoms. The second kappa shape index (κ2) is 6.86. The Morgan fingerprint density at radius 3 is 2.64 bits per heavy atom. The lowest BCUT2D eigenvalue weighted by Gasteiger charge is -2.39. The number of halogens is 4. The number of hydrogen-bond donors (Lipinski definition) is 1. The van der Waals surface area contributed by atoms with Crippen molar-refractivity contribution in [1.82, 2.24) is 4.90 Å². The first kappa shape index (κ1) is 19.6. The summed E-state index contributed by atoms with van der Waals surface area (Å²) in [6, 6.07) is 3.66. The van der Waals surface area contributed by atoms with Crippen LogP contribution in [-0.4, -0.2) is 41.9 Å². The summed E-state index contributed by atoms with van der Waals surface area (Å²) in [5.41, 5.74) is 2.25. The van der Waals surface area contributed by atoms with Crippen LogP contribution in [0.25, 0.3) is 0 Å². The molecule has 0 saturated carbocycles. The molecule has 1 aromatic carbocycles. The number of ether oxygens (including phenoxy) is 1. The number of alkyl halides is 2. The minimum absolute atomic E-state index is 0.168. The number of benzene rings is 1. The van der Waals surface area contributed by atoms with E-state index in [4.69, 9.17) is 10.5 Å². The van der Waals surface area contributed by atoms with Crippen molar-refractivity contribution in [3.8, 4) is 0 Å². The molecule has 0 fully saturated rings. The molecule has 2 N–H and O–H groups in total. The highest BCUT2D eigenvalue weighted by Gasteiger charge is 2.49. The van der Waals surface area contributed by atoms with Crippen LogP contribution in [0.2, 0.25) is 0 Å². The largest absolute Gasteiger partial charge is 0.444 e. The number of rotatable bonds is 2. The average molecular weight is 422 g/mol. The minimum Gasteiger partial charge on any atom is -0.444 e. The second-order valence-electron chi connectivity index (χ2n) is 6.79. The molecule has 1 aliphatic rings. The fourth-order valence-corrected chi connectivity index (χ4v) is 2.90. The molecule has 1 amide bonds. The average Bonchev–Trinajstić information content (AvgIpc) is 2.47. The van der Waals surface area contributed by atoms with E-state index in [2.05, 4.69) is 20.9 Å². The molecule has 25 heavy (non-hydrogen) atoms. The van der Waals surface area contributed by atoms with Crippen LogP contribution in [-0.2, 0) is 10.3 Å². The molecule has 138 valence electrons. The van der Waals surface area contributed by atoms with Gasteiger partial charge in [-0.25, -0.2) is 18.0 Å². The predicted octanol–water partition coefficient (Wildman–Crippen LogP) is 3.66. The van der Waals surface area contributed by atoms with Crippen molar-refractivity contribution in [3.05, 3.63) is 34.1 Å². The molecule has 9 heteroatoms. The second-order valence-corrected chi connectivity index (χ2v) is 7.70. The molecule has 0 aliphatic carbocycles. The minimum atomic E-state index is -3.08. The molecule has 0 aromatic heterocycles. The molecule has 1 aromatic rings. The number of carbonyl (C=O) groups is 1. The zero-order valence-electron chi connectivity index (χ0n) is 14.0. The van der Waals surface area contributed by atoms with Gasteiger partial charge >= 0.3 is 6.09 Å². The highest BCUT2D eigenvalue weighted by molar-refractivity contribution is 9.10. The van der Waals surface area contributed by atoms with E-state index in [0.717, 1.165) is 11.0 Å². The van der Waals surface area contributed by atoms with Gasteiger partial charge in [-0.05, 0) is 39.0 Å². The normalized spacial score (nSPS) is 21.3. The van der Waals surface area contributed by atoms with Crippen molar-refractivity contribution in [3.63, 3.8) is 0 Å². The van der Waals surface area contributed by atoms with Crippen molar-refractivity contribution < 1.29 is 22.7 Å². The molecule has 2 rings (SSSR count). The maximum Gasteiger partial charge on any atom is 0.410 e. The van der Waals surface area contributed by atoms with Crippen LogP contribution in [0.3, 0.4) is 0 Å². The monoisotopic (exact) mass is 421 g/mol. The first-order chi connectivity index (χ1) is 11.4. The zero-order valence-corrected chi connectivity index (χ0v) is 15.6. The van der Waals surface area contributed by atoms with E-state index in [-0.39, 0.29) is 17.9 Å². The number of carbonyl (C=O) groups excluding carboxylic acids is 1. The molecule has 0 saturated heterocycles. The summed E-state index contributed by atoms with van der Waals surface area (Å²) in [6.07, 6.45) is -3.90. The van der Waals surface area contributed by atoms with Crippen LogP contribution in [0.5, 0.6) is 0 Å². The van der Waals surface area contributed by atoms with Crippen molar-refractivity contribution in [2.24, 2.45) is 10.7 Å². The van der Waals surface area contributed by atoms with Crippen molar-refractivity contribution >= 4 is 27.9 Å². The summed E-state index contributed by atoms with van der Waals surface area (Å²) in [5.74, 6) is -1.05. The number of nitrogens with zero attached hydrogens (tertiary/aromatic N) is 2. The Morgan fingerprint density at radius 1 is 1.44 bits per heavy atom. The van der Waals surface area contributed by atoms with Gasteiger partial charge in [0.2, 0.25) is 0 Å². The molecule has 1 aliphatic heterocycles. The van der Waals surface area contributed by atoms with Crippen LogP contribution >= 0.6 is 15.9 Å². The van der Waals surface area contributed by atoms with E-state index >= 15 is 0 Å². The molecule has 0 radical (unpaired) electrons. The summed E-state index contributed by atoms with van der Waals surface area (Å²) < 4.78 is 47.9. The number of amidine groups is 1. The maximum absolute atomic E-state index is 14.3. The first-order valence-electron chi connectivity index (χ1n) is 7.50. The lowest BCUT2D eigenvalue weighted by molar-refractivity contribution is -0.00183. The molecule has 1 heterocycles. The first-order valence-corrected chi connectivity index (χ1v) is 8.30. The quantitative estimate of drug-likeness (QED) is 0.791. The third kappa shape index (κ3) is 4.26. The Bertz CT molecular complexity index is 706. The van der Waals surface area contributed by atoms with Gasteiger partial charge < -0.3 is 10.5 Å². The maximum atomic E-state index is 14.3. The standard InChI is InChI=1S/C16H19BrF3N3O2/c1-15(2,3)25-14(24)23-7-12(21)22-16(8-23,13(19)20)10-6-9(17)4-5-11(10)18/h4-6,13H,7-8H2,1-3H3,(H2,21,22). The molecule has 1 atom stereocenters. The number of hydrogen-bond acceptors (Lipinski definition) is 4. The predicted molar refractivity (Wildman–Crippen MR) is 91.2 cm³/mol. The molecule has 0 bridgehead atoms. The van der Waals surface area contributed by atoms with Crippen LogP contribution in [0.4, 0.5) is 18.0 Å². The van der Waals surface area contributed by atoms with E-state index in [1.807, 2.05) is 0 Å². The highest BCUT2D eigenvalue weighted by atomic mass is 79.9. The fourth-order valence-electron chi connectivity index (χ4n) is 2.53. The number of amides is 1. The molecule has 1 unspecified atom stereocenters. The smallest absolute Gasteiger partial charge is 0.410 e. The van der Waals surface area contributed by atoms with Gasteiger partial charge in [-0.3, -0.25) is 9.89 Å². The van der Waals surface area contributed by atoms with Crippen LogP contribution < -0.4 is 5.73 Å². The Kier molecular flexibility index (Phi) is 5.36. The van der Waals surface area contributed by atoms with Crippen LogP contribution in [0.1, 0.15) is 26.3 Å². The van der Waals surface area contributed by atoms with Crippen molar-refractivity contribution in [1.29, 1.82) is 0 Å². The van der Waals surface area contributed by atoms with Gasteiger partial charge in [0, 0.05) is 10.0 Å². The molecule has 5 nitrogen and oxygen atoms in total. The molecular formula is C16H19BrF3N3O2. The van der Waals surface area contributed by atoms with E-state index in [9.17, 15) is 18.0 Å². The number of nitrogens with two attached hydrogens (primary N) is 1. The SMILES string of the molecule is CC(C)(C)OC(=O)N1CC(N)=NC(c2cc(Br)ccc2F)(C(F)F)C1. The Hall–Kier alpha value is -1.77. The highest BCUT2D eigenvalue weighted by Crippen LogP contribution is 2.38. The van der Waals surface area contributed by atoms with Crippen molar-refractivity contribution in [2.75, 3.05) is 13.1 Å². The summed E-state index contributed by atoms with van der Waals surface area (Å²) in [4.78, 5) is 17.2. The van der Waals surface area contributed by atoms with Crippen LogP contribution in [0.15, 0.2) is 27.7 Å². The van der Waals surface area contributed by atoms with Crippen molar-refractivity contribution in [2.45, 2.75) is 38.3 Å². The lowest BCUT2D eigenvalue weighted by atomic mass is 9.88. The number of aliphatic imine (C=N–C) groups is 1. The fraction of sp³-hybridized carbons (Fsp3) is 0.500.